The van der Waals surface area contributed by atoms with Gasteiger partial charge in [-0.05, 0) is 42.8 Å². The fourth-order valence-electron chi connectivity index (χ4n) is 2.76. The number of rotatable bonds is 5. The lowest BCUT2D eigenvalue weighted by Gasteiger charge is -2.27. The smallest absolute Gasteiger partial charge is 0.416 e. The number of fused-ring (bicyclic) bond motifs is 1. The lowest BCUT2D eigenvalue weighted by atomic mass is 10.1. The average molecular weight is 430 g/mol. The zero-order valence-electron chi connectivity index (χ0n) is 15.5. The van der Waals surface area contributed by atoms with Crippen LogP contribution in [0.25, 0.3) is 0 Å². The van der Waals surface area contributed by atoms with Gasteiger partial charge in [0.15, 0.2) is 11.5 Å². The van der Waals surface area contributed by atoms with Gasteiger partial charge in [0, 0.05) is 6.26 Å². The third kappa shape index (κ3) is 4.87. The Kier molecular flexibility index (Phi) is 6.11. The summed E-state index contributed by atoms with van der Waals surface area (Å²) < 4.78 is 65.9. The van der Waals surface area contributed by atoms with Gasteiger partial charge in [-0.3, -0.25) is 4.79 Å². The zero-order valence-corrected chi connectivity index (χ0v) is 16.3. The molecule has 156 valence electrons. The van der Waals surface area contributed by atoms with Crippen LogP contribution in [-0.4, -0.2) is 24.9 Å². The Bertz CT molecular complexity index is 908. The van der Waals surface area contributed by atoms with Gasteiger partial charge in [0.25, 0.3) is 5.91 Å². The molecule has 0 fully saturated rings. The number of benzene rings is 2. The van der Waals surface area contributed by atoms with E-state index < -0.39 is 35.6 Å². The summed E-state index contributed by atoms with van der Waals surface area (Å²) in [6, 6.07) is 6.86. The van der Waals surface area contributed by atoms with Crippen molar-refractivity contribution < 1.29 is 31.8 Å². The van der Waals surface area contributed by atoms with Gasteiger partial charge < -0.3 is 19.5 Å². The maximum Gasteiger partial charge on any atom is 0.416 e. The molecule has 2 aromatic carbocycles. The van der Waals surface area contributed by atoms with Gasteiger partial charge in [-0.2, -0.15) is 13.2 Å². The third-order valence-electron chi connectivity index (χ3n) is 4.29. The molecule has 2 atom stereocenters. The molecular formula is C19H18F4N2O3S. The first-order valence-corrected chi connectivity index (χ1v) is 9.81. The van der Waals surface area contributed by atoms with E-state index in [2.05, 4.69) is 10.0 Å². The van der Waals surface area contributed by atoms with Crippen LogP contribution in [-0.2, 0) is 11.0 Å². The fraction of sp³-hybridized carbons (Fsp3) is 0.316. The highest BCUT2D eigenvalue weighted by molar-refractivity contribution is 7.99. The maximum atomic E-state index is 14.1. The van der Waals surface area contributed by atoms with Crippen molar-refractivity contribution in [2.24, 2.45) is 0 Å². The molecule has 2 aromatic rings. The third-order valence-corrected chi connectivity index (χ3v) is 4.71. The number of nitrogens with one attached hydrogen (secondary N) is 2. The Balaban J connectivity index is 1.65. The summed E-state index contributed by atoms with van der Waals surface area (Å²) in [7, 11) is 0. The molecule has 0 aromatic heterocycles. The summed E-state index contributed by atoms with van der Waals surface area (Å²) in [6.45, 7) is 1.44. The van der Waals surface area contributed by atoms with Crippen LogP contribution in [0.15, 0.2) is 36.4 Å². The van der Waals surface area contributed by atoms with Crippen molar-refractivity contribution in [1.82, 2.24) is 5.32 Å². The first-order chi connectivity index (χ1) is 13.7. The van der Waals surface area contributed by atoms with Crippen LogP contribution in [0.1, 0.15) is 24.1 Å². The fourth-order valence-corrected chi connectivity index (χ4v) is 3.15. The van der Waals surface area contributed by atoms with Gasteiger partial charge in [0.2, 0.25) is 6.10 Å². The van der Waals surface area contributed by atoms with E-state index in [0.29, 0.717) is 11.3 Å². The van der Waals surface area contributed by atoms with Crippen LogP contribution in [0.5, 0.6) is 11.5 Å². The van der Waals surface area contributed by atoms with Crippen molar-refractivity contribution in [3.8, 4) is 11.5 Å². The van der Waals surface area contributed by atoms with Gasteiger partial charge in [0.05, 0.1) is 17.3 Å². The van der Waals surface area contributed by atoms with Crippen LogP contribution in [0, 0.1) is 5.82 Å². The van der Waals surface area contributed by atoms with E-state index in [1.165, 1.54) is 18.0 Å². The minimum Gasteiger partial charge on any atom is -0.485 e. The molecule has 1 amide bonds. The highest BCUT2D eigenvalue weighted by Crippen LogP contribution is 2.38. The molecular weight excluding hydrogens is 412 g/mol. The first-order valence-electron chi connectivity index (χ1n) is 8.58. The molecule has 0 saturated heterocycles. The van der Waals surface area contributed by atoms with E-state index in [0.717, 1.165) is 18.2 Å². The SMILES string of the molecule is CSNc1ccc([C@@H](C)NC(=O)[C@H]2COc3cc(C(F)(F)F)ccc3O2)cc1F. The number of ether oxygens (including phenoxy) is 2. The lowest BCUT2D eigenvalue weighted by molar-refractivity contribution is -0.138. The number of amides is 1. The summed E-state index contributed by atoms with van der Waals surface area (Å²) in [5, 5.41) is 2.69. The second-order valence-corrected chi connectivity index (χ2v) is 6.96. The minimum atomic E-state index is -4.50. The lowest BCUT2D eigenvalue weighted by Crippen LogP contribution is -2.44. The Morgan fingerprint density at radius 1 is 1.21 bits per heavy atom. The zero-order chi connectivity index (χ0) is 21.2. The normalized spacial score (nSPS) is 16.8. The summed E-state index contributed by atoms with van der Waals surface area (Å²) >= 11 is 1.26. The van der Waals surface area contributed by atoms with Gasteiger partial charge in [-0.1, -0.05) is 18.0 Å². The summed E-state index contributed by atoms with van der Waals surface area (Å²) in [5.41, 5.74) is 0.0193. The first kappa shape index (κ1) is 21.1. The Morgan fingerprint density at radius 3 is 2.62 bits per heavy atom. The molecule has 2 N–H and O–H groups in total. The molecule has 1 heterocycles. The topological polar surface area (TPSA) is 59.6 Å². The second kappa shape index (κ2) is 8.40. The Labute approximate surface area is 168 Å². The summed E-state index contributed by atoms with van der Waals surface area (Å²) in [6.07, 6.45) is -3.77. The highest BCUT2D eigenvalue weighted by Gasteiger charge is 2.34. The number of alkyl halides is 3. The monoisotopic (exact) mass is 430 g/mol. The van der Waals surface area contributed by atoms with E-state index >= 15 is 0 Å². The van der Waals surface area contributed by atoms with Crippen molar-refractivity contribution in [2.75, 3.05) is 17.6 Å². The molecule has 0 bridgehead atoms. The number of hydrogen-bond acceptors (Lipinski definition) is 5. The van der Waals surface area contributed by atoms with Gasteiger partial charge >= 0.3 is 6.18 Å². The molecule has 3 rings (SSSR count). The van der Waals surface area contributed by atoms with E-state index in [9.17, 15) is 22.4 Å². The van der Waals surface area contributed by atoms with Gasteiger partial charge in [0.1, 0.15) is 12.4 Å². The van der Waals surface area contributed by atoms with Crippen LogP contribution in [0.3, 0.4) is 0 Å². The summed E-state index contributed by atoms with van der Waals surface area (Å²) in [5.74, 6) is -0.995. The predicted molar refractivity (Wildman–Crippen MR) is 101 cm³/mol. The van der Waals surface area contributed by atoms with Crippen molar-refractivity contribution in [1.29, 1.82) is 0 Å². The predicted octanol–water partition coefficient (Wildman–Crippen LogP) is 4.55. The van der Waals surface area contributed by atoms with Crippen molar-refractivity contribution in [3.05, 3.63) is 53.3 Å². The Morgan fingerprint density at radius 2 is 1.97 bits per heavy atom. The second-order valence-electron chi connectivity index (χ2n) is 6.35. The van der Waals surface area contributed by atoms with E-state index in [4.69, 9.17) is 9.47 Å². The van der Waals surface area contributed by atoms with Crippen LogP contribution in [0.2, 0.25) is 0 Å². The molecule has 1 aliphatic heterocycles. The van der Waals surface area contributed by atoms with Gasteiger partial charge in [-0.25, -0.2) is 4.39 Å². The highest BCUT2D eigenvalue weighted by atomic mass is 32.2. The van der Waals surface area contributed by atoms with Gasteiger partial charge in [-0.15, -0.1) is 0 Å². The molecule has 10 heteroatoms. The van der Waals surface area contributed by atoms with Crippen LogP contribution < -0.4 is 19.5 Å². The molecule has 29 heavy (non-hydrogen) atoms. The van der Waals surface area contributed by atoms with Crippen molar-refractivity contribution in [2.45, 2.75) is 25.2 Å². The largest absolute Gasteiger partial charge is 0.485 e. The molecule has 0 saturated carbocycles. The average Bonchev–Trinajstić information content (AvgIpc) is 2.68. The molecule has 0 unspecified atom stereocenters. The molecule has 0 spiro atoms. The van der Waals surface area contributed by atoms with Crippen molar-refractivity contribution >= 4 is 23.5 Å². The number of carbonyl (C=O) groups excluding carboxylic acids is 1. The maximum absolute atomic E-state index is 14.1. The number of halogens is 4. The quantitative estimate of drug-likeness (QED) is 0.538. The van der Waals surface area contributed by atoms with E-state index in [1.54, 1.807) is 25.3 Å². The number of anilines is 1. The standard InChI is InChI=1S/C19H18F4N2O3S/c1-10(11-3-5-14(25-29-2)13(20)7-11)24-18(26)17-9-27-16-8-12(19(21,22)23)4-6-15(16)28-17/h3-8,10,17,25H,9H2,1-2H3,(H,24,26)/t10-,17-/m1/s1. The van der Waals surface area contributed by atoms with Crippen LogP contribution in [0.4, 0.5) is 23.2 Å². The van der Waals surface area contributed by atoms with Crippen molar-refractivity contribution in [3.63, 3.8) is 0 Å². The van der Waals surface area contributed by atoms with E-state index in [-0.39, 0.29) is 18.1 Å². The molecule has 0 aliphatic carbocycles. The molecule has 0 radical (unpaired) electrons. The molecule has 1 aliphatic rings. The minimum absolute atomic E-state index is 0.0515. The number of hydrogen-bond donors (Lipinski definition) is 2. The number of carbonyl (C=O) groups is 1. The van der Waals surface area contributed by atoms with Crippen LogP contribution >= 0.6 is 11.9 Å². The summed E-state index contributed by atoms with van der Waals surface area (Å²) in [4.78, 5) is 12.5. The van der Waals surface area contributed by atoms with E-state index in [1.807, 2.05) is 0 Å². The molecule has 5 nitrogen and oxygen atoms in total. The Hall–Kier alpha value is -2.62.